The normalized spacial score (nSPS) is 13.8. The molecule has 2 atom stereocenters. The lowest BCUT2D eigenvalue weighted by molar-refractivity contribution is -0.206. The van der Waals surface area contributed by atoms with Crippen LogP contribution in [0.25, 0.3) is 10.8 Å². The highest BCUT2D eigenvalue weighted by Gasteiger charge is 2.45. The number of nitrogens with one attached hydrogen (secondary N) is 1. The Balaban J connectivity index is 1.85. The molecular formula is C21H18F3NO2. The largest absolute Gasteiger partial charge is 0.432 e. The summed E-state index contributed by atoms with van der Waals surface area (Å²) in [5.41, 5.74) is 0.672. The zero-order valence-electron chi connectivity index (χ0n) is 14.5. The van der Waals surface area contributed by atoms with Crippen molar-refractivity contribution >= 4 is 16.9 Å². The van der Waals surface area contributed by atoms with Gasteiger partial charge in [0.1, 0.15) is 0 Å². The Morgan fingerprint density at radius 2 is 1.56 bits per heavy atom. The van der Waals surface area contributed by atoms with Crippen LogP contribution in [0.15, 0.2) is 72.8 Å². The smallest absolute Gasteiger partial charge is 0.429 e. The molecule has 0 saturated carbocycles. The number of carbonyl (C=O) groups excluding carboxylic acids is 1. The SMILES string of the molecule is C[C@@H](NC(=O)O[C@H](c1cccc2ccccc12)C(F)(F)F)c1ccccc1. The van der Waals surface area contributed by atoms with E-state index < -0.39 is 24.4 Å². The summed E-state index contributed by atoms with van der Waals surface area (Å²) in [7, 11) is 0. The Labute approximate surface area is 154 Å². The van der Waals surface area contributed by atoms with Gasteiger partial charge in [-0.3, -0.25) is 0 Å². The minimum absolute atomic E-state index is 0.0943. The van der Waals surface area contributed by atoms with Crippen molar-refractivity contribution in [2.24, 2.45) is 0 Å². The predicted octanol–water partition coefficient (Wildman–Crippen LogP) is 5.93. The summed E-state index contributed by atoms with van der Waals surface area (Å²) in [6, 6.07) is 19.7. The number of amides is 1. The first-order valence-corrected chi connectivity index (χ1v) is 8.42. The van der Waals surface area contributed by atoms with Crippen molar-refractivity contribution in [2.75, 3.05) is 0 Å². The topological polar surface area (TPSA) is 38.3 Å². The molecule has 0 radical (unpaired) electrons. The van der Waals surface area contributed by atoms with Crippen LogP contribution in [-0.4, -0.2) is 12.3 Å². The van der Waals surface area contributed by atoms with E-state index in [0.717, 1.165) is 5.56 Å². The summed E-state index contributed by atoms with van der Waals surface area (Å²) in [6.07, 6.45) is -8.22. The molecule has 0 aromatic heterocycles. The van der Waals surface area contributed by atoms with E-state index in [1.54, 1.807) is 61.5 Å². The number of hydrogen-bond acceptors (Lipinski definition) is 2. The van der Waals surface area contributed by atoms with Gasteiger partial charge in [-0.25, -0.2) is 4.79 Å². The van der Waals surface area contributed by atoms with E-state index in [2.05, 4.69) is 5.32 Å². The molecule has 27 heavy (non-hydrogen) atoms. The van der Waals surface area contributed by atoms with Gasteiger partial charge in [0.05, 0.1) is 6.04 Å². The maximum absolute atomic E-state index is 13.6. The van der Waals surface area contributed by atoms with Crippen LogP contribution in [-0.2, 0) is 4.74 Å². The first-order valence-electron chi connectivity index (χ1n) is 8.42. The molecule has 0 saturated heterocycles. The summed E-state index contributed by atoms with van der Waals surface area (Å²) >= 11 is 0. The molecule has 0 heterocycles. The molecule has 0 fully saturated rings. The van der Waals surface area contributed by atoms with Crippen LogP contribution in [0.4, 0.5) is 18.0 Å². The van der Waals surface area contributed by atoms with Crippen molar-refractivity contribution in [3.05, 3.63) is 83.9 Å². The molecule has 1 amide bonds. The molecule has 0 bridgehead atoms. The zero-order chi connectivity index (χ0) is 19.4. The number of halogens is 3. The van der Waals surface area contributed by atoms with Crippen LogP contribution in [0.2, 0.25) is 0 Å². The second-order valence-corrected chi connectivity index (χ2v) is 6.17. The summed E-state index contributed by atoms with van der Waals surface area (Å²) in [5.74, 6) is 0. The first kappa shape index (κ1) is 18.8. The number of benzene rings is 3. The van der Waals surface area contributed by atoms with Crippen molar-refractivity contribution in [3.63, 3.8) is 0 Å². The fraction of sp³-hybridized carbons (Fsp3) is 0.190. The van der Waals surface area contributed by atoms with Crippen LogP contribution in [0, 0.1) is 0 Å². The number of alkyl halides is 3. The molecule has 0 spiro atoms. The number of fused-ring (bicyclic) bond motifs is 1. The van der Waals surface area contributed by atoms with Gasteiger partial charge in [-0.1, -0.05) is 72.8 Å². The van der Waals surface area contributed by atoms with Gasteiger partial charge in [-0.05, 0) is 23.3 Å². The molecule has 3 aromatic rings. The Morgan fingerprint density at radius 3 is 2.26 bits per heavy atom. The predicted molar refractivity (Wildman–Crippen MR) is 97.2 cm³/mol. The fourth-order valence-electron chi connectivity index (χ4n) is 2.93. The molecule has 0 aliphatic heterocycles. The van der Waals surface area contributed by atoms with Crippen molar-refractivity contribution in [3.8, 4) is 0 Å². The average molecular weight is 373 g/mol. The van der Waals surface area contributed by atoms with Gasteiger partial charge in [0.15, 0.2) is 0 Å². The van der Waals surface area contributed by atoms with E-state index in [0.29, 0.717) is 10.8 Å². The van der Waals surface area contributed by atoms with Gasteiger partial charge in [-0.15, -0.1) is 0 Å². The van der Waals surface area contributed by atoms with E-state index >= 15 is 0 Å². The third-order valence-corrected chi connectivity index (χ3v) is 4.26. The Kier molecular flexibility index (Phi) is 5.35. The van der Waals surface area contributed by atoms with Crippen LogP contribution < -0.4 is 5.32 Å². The minimum Gasteiger partial charge on any atom is -0.432 e. The van der Waals surface area contributed by atoms with Gasteiger partial charge in [-0.2, -0.15) is 13.2 Å². The number of hydrogen-bond donors (Lipinski definition) is 1. The quantitative estimate of drug-likeness (QED) is 0.615. The van der Waals surface area contributed by atoms with Gasteiger partial charge in [0.25, 0.3) is 0 Å². The van der Waals surface area contributed by atoms with Crippen LogP contribution >= 0.6 is 0 Å². The molecule has 0 aliphatic rings. The lowest BCUT2D eigenvalue weighted by atomic mass is 10.00. The van der Waals surface area contributed by atoms with E-state index in [1.165, 1.54) is 12.1 Å². The average Bonchev–Trinajstić information content (AvgIpc) is 2.65. The van der Waals surface area contributed by atoms with Gasteiger partial charge < -0.3 is 10.1 Å². The van der Waals surface area contributed by atoms with E-state index in [4.69, 9.17) is 4.74 Å². The maximum Gasteiger partial charge on any atom is 0.429 e. The van der Waals surface area contributed by atoms with Crippen molar-refractivity contribution in [1.82, 2.24) is 5.32 Å². The van der Waals surface area contributed by atoms with Gasteiger partial charge in [0.2, 0.25) is 6.10 Å². The highest BCUT2D eigenvalue weighted by molar-refractivity contribution is 5.86. The third-order valence-electron chi connectivity index (χ3n) is 4.26. The summed E-state index contributed by atoms with van der Waals surface area (Å²) in [6.45, 7) is 1.68. The molecule has 1 N–H and O–H groups in total. The Morgan fingerprint density at radius 1 is 0.926 bits per heavy atom. The van der Waals surface area contributed by atoms with Gasteiger partial charge in [0, 0.05) is 5.56 Å². The van der Waals surface area contributed by atoms with Crippen LogP contribution in [0.3, 0.4) is 0 Å². The van der Waals surface area contributed by atoms with Crippen LogP contribution in [0.1, 0.15) is 30.2 Å². The number of rotatable bonds is 4. The molecule has 140 valence electrons. The van der Waals surface area contributed by atoms with E-state index in [-0.39, 0.29) is 5.56 Å². The minimum atomic E-state index is -4.74. The molecule has 0 aliphatic carbocycles. The molecule has 3 aromatic carbocycles. The summed E-state index contributed by atoms with van der Waals surface area (Å²) in [4.78, 5) is 12.2. The van der Waals surface area contributed by atoms with Crippen molar-refractivity contribution in [2.45, 2.75) is 25.2 Å². The Bertz CT molecular complexity index is 920. The number of carbonyl (C=O) groups is 1. The second-order valence-electron chi connectivity index (χ2n) is 6.17. The molecular weight excluding hydrogens is 355 g/mol. The highest BCUT2D eigenvalue weighted by Crippen LogP contribution is 2.39. The van der Waals surface area contributed by atoms with Gasteiger partial charge >= 0.3 is 12.3 Å². The molecule has 6 heteroatoms. The van der Waals surface area contributed by atoms with E-state index in [9.17, 15) is 18.0 Å². The number of alkyl carbamates (subject to hydrolysis) is 1. The lowest BCUT2D eigenvalue weighted by Gasteiger charge is -2.23. The zero-order valence-corrected chi connectivity index (χ0v) is 14.5. The molecule has 0 unspecified atom stereocenters. The highest BCUT2D eigenvalue weighted by atomic mass is 19.4. The Hall–Kier alpha value is -3.02. The summed E-state index contributed by atoms with van der Waals surface area (Å²) in [5, 5.41) is 3.49. The standard InChI is InChI=1S/C21H18F3NO2/c1-14(15-8-3-2-4-9-15)25-20(26)27-19(21(22,23)24)18-13-7-11-16-10-5-6-12-17(16)18/h2-14,19H,1H3,(H,25,26)/t14-,19-/m1/s1. The first-order chi connectivity index (χ1) is 12.9. The third kappa shape index (κ3) is 4.39. The summed E-state index contributed by atoms with van der Waals surface area (Å²) < 4.78 is 45.8. The van der Waals surface area contributed by atoms with Crippen molar-refractivity contribution in [1.29, 1.82) is 0 Å². The second kappa shape index (κ2) is 7.70. The molecule has 3 nitrogen and oxygen atoms in total. The number of ether oxygens (including phenoxy) is 1. The lowest BCUT2D eigenvalue weighted by Crippen LogP contribution is -2.33. The van der Waals surface area contributed by atoms with Crippen molar-refractivity contribution < 1.29 is 22.7 Å². The van der Waals surface area contributed by atoms with E-state index in [1.807, 2.05) is 6.07 Å². The van der Waals surface area contributed by atoms with Crippen LogP contribution in [0.5, 0.6) is 0 Å². The maximum atomic E-state index is 13.6. The molecule has 3 rings (SSSR count). The monoisotopic (exact) mass is 373 g/mol. The fourth-order valence-corrected chi connectivity index (χ4v) is 2.93.